The lowest BCUT2D eigenvalue weighted by Crippen LogP contribution is -2.54. The quantitative estimate of drug-likeness (QED) is 0.548. The van der Waals surface area contributed by atoms with Crippen LogP contribution in [0, 0.1) is 6.92 Å². The average Bonchev–Trinajstić information content (AvgIpc) is 3.22. The van der Waals surface area contributed by atoms with Crippen LogP contribution in [-0.4, -0.2) is 52.0 Å². The van der Waals surface area contributed by atoms with Gasteiger partial charge in [-0.25, -0.2) is 4.79 Å². The van der Waals surface area contributed by atoms with E-state index in [9.17, 15) is 9.59 Å². The Morgan fingerprint density at radius 1 is 0.912 bits per heavy atom. The maximum atomic E-state index is 13.3. The molecule has 2 aliphatic heterocycles. The van der Waals surface area contributed by atoms with Crippen LogP contribution >= 0.6 is 11.8 Å². The van der Waals surface area contributed by atoms with Crippen molar-refractivity contribution in [3.63, 3.8) is 0 Å². The third-order valence-electron chi connectivity index (χ3n) is 7.16. The Labute approximate surface area is 208 Å². The minimum atomic E-state index is -0.211. The molecule has 2 aliphatic rings. The fourth-order valence-electron chi connectivity index (χ4n) is 5.10. The number of likely N-dealkylation sites (tertiary alicyclic amines) is 1. The van der Waals surface area contributed by atoms with Crippen LogP contribution in [0.4, 0.5) is 10.5 Å². The van der Waals surface area contributed by atoms with Crippen molar-refractivity contribution < 1.29 is 9.59 Å². The van der Waals surface area contributed by atoms with Gasteiger partial charge >= 0.3 is 6.03 Å². The van der Waals surface area contributed by atoms with Crippen molar-refractivity contribution in [2.24, 2.45) is 0 Å². The topological polar surface area (TPSA) is 52.7 Å². The Kier molecular flexibility index (Phi) is 7.27. The SMILES string of the molecule is Cc1ccc(C(=O)N2CCSC23CCN(C(=O)Nc2c(C(C)C)cccc2C(C)C)CC3)cc1. The number of hydrogen-bond donors (Lipinski definition) is 1. The molecule has 0 aliphatic carbocycles. The van der Waals surface area contributed by atoms with E-state index in [2.05, 4.69) is 56.1 Å². The van der Waals surface area contributed by atoms with Crippen molar-refractivity contribution in [1.82, 2.24) is 9.80 Å². The molecule has 2 fully saturated rings. The van der Waals surface area contributed by atoms with Crippen molar-refractivity contribution in [3.8, 4) is 0 Å². The molecule has 0 bridgehead atoms. The Morgan fingerprint density at radius 2 is 1.50 bits per heavy atom. The molecule has 182 valence electrons. The van der Waals surface area contributed by atoms with Crippen LogP contribution in [0.3, 0.4) is 0 Å². The molecule has 0 saturated carbocycles. The number of anilines is 1. The lowest BCUT2D eigenvalue weighted by Gasteiger charge is -2.44. The predicted molar refractivity (Wildman–Crippen MR) is 142 cm³/mol. The largest absolute Gasteiger partial charge is 0.324 e. The summed E-state index contributed by atoms with van der Waals surface area (Å²) in [5, 5.41) is 3.26. The van der Waals surface area contributed by atoms with Gasteiger partial charge in [0.1, 0.15) is 0 Å². The summed E-state index contributed by atoms with van der Waals surface area (Å²) >= 11 is 1.88. The second kappa shape index (κ2) is 10.0. The van der Waals surface area contributed by atoms with Crippen LogP contribution in [0.5, 0.6) is 0 Å². The molecule has 2 aromatic carbocycles. The number of hydrogen-bond acceptors (Lipinski definition) is 3. The second-order valence-electron chi connectivity index (χ2n) is 10.2. The van der Waals surface area contributed by atoms with E-state index in [1.54, 1.807) is 0 Å². The molecular formula is C28H37N3O2S. The zero-order valence-electron chi connectivity index (χ0n) is 21.1. The molecular weight excluding hydrogens is 442 g/mol. The fraction of sp³-hybridized carbons (Fsp3) is 0.500. The predicted octanol–water partition coefficient (Wildman–Crippen LogP) is 6.46. The third kappa shape index (κ3) is 4.83. The first-order valence-corrected chi connectivity index (χ1v) is 13.4. The number of nitrogens with zero attached hydrogens (tertiary/aromatic N) is 2. The van der Waals surface area contributed by atoms with Gasteiger partial charge in [-0.1, -0.05) is 63.6 Å². The Hall–Kier alpha value is -2.47. The Morgan fingerprint density at radius 3 is 2.06 bits per heavy atom. The number of rotatable bonds is 4. The van der Waals surface area contributed by atoms with Gasteiger partial charge < -0.3 is 15.1 Å². The van der Waals surface area contributed by atoms with Crippen LogP contribution < -0.4 is 5.32 Å². The van der Waals surface area contributed by atoms with E-state index in [0.29, 0.717) is 24.9 Å². The number of carbonyl (C=O) groups excluding carboxylic acids is 2. The normalized spacial score (nSPS) is 17.6. The molecule has 0 atom stereocenters. The van der Waals surface area contributed by atoms with Crippen molar-refractivity contribution in [3.05, 3.63) is 64.7 Å². The first kappa shape index (κ1) is 24.6. The Bertz CT molecular complexity index is 1010. The lowest BCUT2D eigenvalue weighted by molar-refractivity contribution is 0.0585. The maximum Gasteiger partial charge on any atom is 0.321 e. The molecule has 1 N–H and O–H groups in total. The highest BCUT2D eigenvalue weighted by molar-refractivity contribution is 8.00. The van der Waals surface area contributed by atoms with Gasteiger partial charge in [-0.05, 0) is 54.9 Å². The number of piperidine rings is 1. The number of urea groups is 1. The summed E-state index contributed by atoms with van der Waals surface area (Å²) in [6.07, 6.45) is 1.59. The van der Waals surface area contributed by atoms with E-state index in [4.69, 9.17) is 0 Å². The number of benzene rings is 2. The highest BCUT2D eigenvalue weighted by atomic mass is 32.2. The van der Waals surface area contributed by atoms with E-state index in [1.807, 2.05) is 47.9 Å². The number of carbonyl (C=O) groups is 2. The standard InChI is InChI=1S/C28H37N3O2S/c1-19(2)23-7-6-8-24(20(3)4)25(23)29-27(33)30-15-13-28(14-16-30)31(17-18-34-28)26(32)22-11-9-21(5)10-12-22/h6-12,19-20H,13-18H2,1-5H3,(H,29,33). The summed E-state index contributed by atoms with van der Waals surface area (Å²) in [5.74, 6) is 1.71. The number of aryl methyl sites for hydroxylation is 1. The molecule has 2 saturated heterocycles. The summed E-state index contributed by atoms with van der Waals surface area (Å²) in [7, 11) is 0. The van der Waals surface area contributed by atoms with Crippen LogP contribution in [0.15, 0.2) is 42.5 Å². The van der Waals surface area contributed by atoms with E-state index >= 15 is 0 Å². The average molecular weight is 480 g/mol. The molecule has 1 spiro atoms. The Balaban J connectivity index is 1.46. The lowest BCUT2D eigenvalue weighted by atomic mass is 9.92. The minimum absolute atomic E-state index is 0.0377. The first-order valence-electron chi connectivity index (χ1n) is 12.4. The van der Waals surface area contributed by atoms with Gasteiger partial charge in [0.2, 0.25) is 0 Å². The molecule has 0 unspecified atom stereocenters. The number of nitrogens with one attached hydrogen (secondary N) is 1. The van der Waals surface area contributed by atoms with Gasteiger partial charge in [-0.3, -0.25) is 4.79 Å². The van der Waals surface area contributed by atoms with E-state index in [1.165, 1.54) is 11.1 Å². The molecule has 0 aromatic heterocycles. The van der Waals surface area contributed by atoms with Crippen LogP contribution in [0.25, 0.3) is 0 Å². The van der Waals surface area contributed by atoms with E-state index < -0.39 is 0 Å². The van der Waals surface area contributed by atoms with Crippen molar-refractivity contribution >= 4 is 29.4 Å². The van der Waals surface area contributed by atoms with Crippen molar-refractivity contribution in [1.29, 1.82) is 0 Å². The van der Waals surface area contributed by atoms with E-state index in [-0.39, 0.29) is 16.8 Å². The van der Waals surface area contributed by atoms with Crippen molar-refractivity contribution in [2.75, 3.05) is 30.7 Å². The van der Waals surface area contributed by atoms with Crippen LogP contribution in [-0.2, 0) is 0 Å². The third-order valence-corrected chi connectivity index (χ3v) is 8.71. The van der Waals surface area contributed by atoms with Gasteiger partial charge in [0.15, 0.2) is 0 Å². The minimum Gasteiger partial charge on any atom is -0.324 e. The maximum absolute atomic E-state index is 13.3. The molecule has 34 heavy (non-hydrogen) atoms. The fourth-order valence-corrected chi connectivity index (χ4v) is 6.56. The van der Waals surface area contributed by atoms with Gasteiger partial charge in [-0.2, -0.15) is 0 Å². The summed E-state index contributed by atoms with van der Waals surface area (Å²) in [6, 6.07) is 14.1. The number of thioether (sulfide) groups is 1. The van der Waals surface area contributed by atoms with Gasteiger partial charge in [0, 0.05) is 36.6 Å². The number of para-hydroxylation sites is 1. The summed E-state index contributed by atoms with van der Waals surface area (Å²) in [6.45, 7) is 12.8. The smallest absolute Gasteiger partial charge is 0.321 e. The van der Waals surface area contributed by atoms with Gasteiger partial charge in [0.25, 0.3) is 5.91 Å². The molecule has 0 radical (unpaired) electrons. The molecule has 3 amide bonds. The zero-order chi connectivity index (χ0) is 24.5. The first-order chi connectivity index (χ1) is 16.2. The monoisotopic (exact) mass is 479 g/mol. The summed E-state index contributed by atoms with van der Waals surface area (Å²) in [4.78, 5) is 30.4. The van der Waals surface area contributed by atoms with Gasteiger partial charge in [0.05, 0.1) is 4.87 Å². The summed E-state index contributed by atoms with van der Waals surface area (Å²) < 4.78 is 0. The van der Waals surface area contributed by atoms with E-state index in [0.717, 1.165) is 42.0 Å². The van der Waals surface area contributed by atoms with Crippen molar-refractivity contribution in [2.45, 2.75) is 64.2 Å². The molecule has 6 heteroatoms. The second-order valence-corrected chi connectivity index (χ2v) is 11.6. The molecule has 2 heterocycles. The summed E-state index contributed by atoms with van der Waals surface area (Å²) in [5.41, 5.74) is 5.22. The molecule has 2 aromatic rings. The number of amides is 3. The molecule has 4 rings (SSSR count). The molecule has 5 nitrogen and oxygen atoms in total. The highest BCUT2D eigenvalue weighted by Gasteiger charge is 2.47. The van der Waals surface area contributed by atoms with Gasteiger partial charge in [-0.15, -0.1) is 11.8 Å². The van der Waals surface area contributed by atoms with Crippen LogP contribution in [0.1, 0.15) is 79.4 Å². The highest BCUT2D eigenvalue weighted by Crippen LogP contribution is 2.44. The zero-order valence-corrected chi connectivity index (χ0v) is 21.9. The van der Waals surface area contributed by atoms with Crippen LogP contribution in [0.2, 0.25) is 0 Å².